The van der Waals surface area contributed by atoms with Crippen molar-refractivity contribution in [1.29, 1.82) is 0 Å². The van der Waals surface area contributed by atoms with Gasteiger partial charge < -0.3 is 4.74 Å². The predicted octanol–water partition coefficient (Wildman–Crippen LogP) is 3.14. The van der Waals surface area contributed by atoms with E-state index >= 15 is 0 Å². The van der Waals surface area contributed by atoms with E-state index in [0.29, 0.717) is 6.61 Å². The molecule has 2 atom stereocenters. The molecule has 1 fully saturated rings. The van der Waals surface area contributed by atoms with Crippen molar-refractivity contribution in [3.8, 4) is 0 Å². The average Bonchev–Trinajstić information content (AvgIpc) is 2.69. The molecule has 0 N–H and O–H groups in total. The Hall–Kier alpha value is -1.19. The third kappa shape index (κ3) is 4.77. The van der Waals surface area contributed by atoms with E-state index in [2.05, 4.69) is 17.0 Å². The van der Waals surface area contributed by atoms with Gasteiger partial charge in [0.2, 0.25) is 0 Å². The van der Waals surface area contributed by atoms with E-state index in [0.717, 1.165) is 13.0 Å². The molecule has 0 spiro atoms. The van der Waals surface area contributed by atoms with Crippen LogP contribution in [0.2, 0.25) is 0 Å². The monoisotopic (exact) mass is 265 g/mol. The molecule has 0 amide bonds. The van der Waals surface area contributed by atoms with Crippen LogP contribution in [0.25, 0.3) is 0 Å². The summed E-state index contributed by atoms with van der Waals surface area (Å²) in [5.74, 6) is 0.235. The normalized spacial score (nSPS) is 22.4. The molecule has 1 aliphatic heterocycles. The van der Waals surface area contributed by atoms with Gasteiger partial charge in [0.25, 0.3) is 0 Å². The Morgan fingerprint density at radius 2 is 1.95 bits per heavy atom. The van der Waals surface area contributed by atoms with Crippen LogP contribution in [0.15, 0.2) is 30.3 Å². The number of carbonyl (C=O) groups excluding carboxylic acids is 1. The maximum absolute atomic E-state index is 11.4. The lowest BCUT2D eigenvalue weighted by atomic mass is 10.1. The highest BCUT2D eigenvalue weighted by molar-refractivity contribution is 5.81. The van der Waals surface area contributed by atoms with E-state index < -0.39 is 0 Å². The van der Waals surface area contributed by atoms with Crippen LogP contribution in [0.4, 0.5) is 0 Å². The van der Waals surface area contributed by atoms with Crippen LogP contribution >= 0.6 is 0 Å². The molecule has 1 aromatic rings. The van der Waals surface area contributed by atoms with Crippen LogP contribution in [0.3, 0.4) is 0 Å². The topological polar surface area (TPSA) is 29.5 Å². The minimum Gasteiger partial charge on any atom is -0.372 e. The minimum absolute atomic E-state index is 0. The average molecular weight is 265 g/mol. The second-order valence-electron chi connectivity index (χ2n) is 4.72. The lowest BCUT2D eigenvalue weighted by Crippen LogP contribution is -2.30. The summed E-state index contributed by atoms with van der Waals surface area (Å²) in [5, 5.41) is 0. The van der Waals surface area contributed by atoms with E-state index in [4.69, 9.17) is 4.74 Å². The number of benzene rings is 1. The highest BCUT2D eigenvalue weighted by Gasteiger charge is 2.32. The maximum Gasteiger partial charge on any atom is 0.146 e. The number of carbonyl (C=O) groups is 1. The van der Waals surface area contributed by atoms with Crippen molar-refractivity contribution in [2.24, 2.45) is 0 Å². The first-order valence-corrected chi connectivity index (χ1v) is 6.03. The van der Waals surface area contributed by atoms with Crippen LogP contribution in [0.1, 0.15) is 33.8 Å². The summed E-state index contributed by atoms with van der Waals surface area (Å²) >= 11 is 0. The standard InChI is InChI=1S/C14H19NO2.2CH4/c1-11(16)14-8-13(9-15(14)2)17-10-12-6-4-3-5-7-12;;/h3-7,13-14H,8-10H2,1-2H3;2*1H4/t13-,14+;;/m1../s1. The van der Waals surface area contributed by atoms with Crippen LogP contribution in [-0.4, -0.2) is 36.4 Å². The molecular weight excluding hydrogens is 238 g/mol. The summed E-state index contributed by atoms with van der Waals surface area (Å²) in [6, 6.07) is 10.2. The van der Waals surface area contributed by atoms with Gasteiger partial charge in [0, 0.05) is 6.54 Å². The van der Waals surface area contributed by atoms with Gasteiger partial charge in [-0.2, -0.15) is 0 Å². The van der Waals surface area contributed by atoms with Crippen molar-refractivity contribution in [1.82, 2.24) is 4.90 Å². The highest BCUT2D eigenvalue weighted by atomic mass is 16.5. The quantitative estimate of drug-likeness (QED) is 0.837. The zero-order valence-corrected chi connectivity index (χ0v) is 10.4. The van der Waals surface area contributed by atoms with Crippen molar-refractivity contribution < 1.29 is 9.53 Å². The van der Waals surface area contributed by atoms with Gasteiger partial charge in [-0.1, -0.05) is 45.2 Å². The predicted molar refractivity (Wildman–Crippen MR) is 80.2 cm³/mol. The molecule has 3 heteroatoms. The summed E-state index contributed by atoms with van der Waals surface area (Å²) in [7, 11) is 1.98. The smallest absolute Gasteiger partial charge is 0.146 e. The molecule has 1 saturated heterocycles. The van der Waals surface area contributed by atoms with Gasteiger partial charge in [-0.25, -0.2) is 0 Å². The number of rotatable bonds is 4. The first kappa shape index (κ1) is 17.8. The number of ether oxygens (including phenoxy) is 1. The number of likely N-dealkylation sites (N-methyl/N-ethyl adjacent to an activating group) is 1. The van der Waals surface area contributed by atoms with Gasteiger partial charge in [-0.05, 0) is 26.0 Å². The fourth-order valence-corrected chi connectivity index (χ4v) is 2.34. The van der Waals surface area contributed by atoms with E-state index in [-0.39, 0.29) is 32.8 Å². The molecule has 3 nitrogen and oxygen atoms in total. The second kappa shape index (κ2) is 8.08. The molecular formula is C16H27NO2. The number of hydrogen-bond donors (Lipinski definition) is 0. The lowest BCUT2D eigenvalue weighted by Gasteiger charge is -2.14. The Balaban J connectivity index is 0.00000162. The van der Waals surface area contributed by atoms with Crippen molar-refractivity contribution in [3.05, 3.63) is 35.9 Å². The third-order valence-electron chi connectivity index (χ3n) is 3.31. The molecule has 0 bridgehead atoms. The first-order chi connectivity index (χ1) is 8.16. The van der Waals surface area contributed by atoms with Crippen LogP contribution in [-0.2, 0) is 16.1 Å². The Kier molecular flexibility index (Phi) is 7.57. The first-order valence-electron chi connectivity index (χ1n) is 6.03. The summed E-state index contributed by atoms with van der Waals surface area (Å²) in [4.78, 5) is 13.5. The van der Waals surface area contributed by atoms with Crippen molar-refractivity contribution in [2.75, 3.05) is 13.6 Å². The Morgan fingerprint density at radius 1 is 1.32 bits per heavy atom. The largest absolute Gasteiger partial charge is 0.372 e. The van der Waals surface area contributed by atoms with E-state index in [1.807, 2.05) is 25.2 Å². The van der Waals surface area contributed by atoms with Gasteiger partial charge in [0.15, 0.2) is 0 Å². The summed E-state index contributed by atoms with van der Waals surface area (Å²) in [5.41, 5.74) is 1.18. The van der Waals surface area contributed by atoms with Crippen molar-refractivity contribution in [2.45, 2.75) is 47.0 Å². The molecule has 2 rings (SSSR count). The maximum atomic E-state index is 11.4. The molecule has 1 aliphatic rings. The molecule has 19 heavy (non-hydrogen) atoms. The second-order valence-corrected chi connectivity index (χ2v) is 4.72. The zero-order chi connectivity index (χ0) is 12.3. The van der Waals surface area contributed by atoms with E-state index in [1.165, 1.54) is 5.56 Å². The lowest BCUT2D eigenvalue weighted by molar-refractivity contribution is -0.120. The number of Topliss-reactive ketones (excluding diaryl/α,β-unsaturated/α-hetero) is 1. The molecule has 0 aromatic heterocycles. The Labute approximate surface area is 117 Å². The van der Waals surface area contributed by atoms with Gasteiger partial charge in [-0.3, -0.25) is 9.69 Å². The summed E-state index contributed by atoms with van der Waals surface area (Å²) < 4.78 is 5.85. The van der Waals surface area contributed by atoms with Crippen molar-refractivity contribution in [3.63, 3.8) is 0 Å². The van der Waals surface area contributed by atoms with Gasteiger partial charge in [0.1, 0.15) is 5.78 Å². The van der Waals surface area contributed by atoms with E-state index in [9.17, 15) is 4.79 Å². The fraction of sp³-hybridized carbons (Fsp3) is 0.562. The Bertz CT molecular complexity index is 378. The van der Waals surface area contributed by atoms with Crippen molar-refractivity contribution >= 4 is 5.78 Å². The fourth-order valence-electron chi connectivity index (χ4n) is 2.34. The molecule has 1 heterocycles. The summed E-state index contributed by atoms with van der Waals surface area (Å²) in [6.07, 6.45) is 0.993. The van der Waals surface area contributed by atoms with Crippen LogP contribution in [0.5, 0.6) is 0 Å². The molecule has 0 aliphatic carbocycles. The Morgan fingerprint density at radius 3 is 2.47 bits per heavy atom. The third-order valence-corrected chi connectivity index (χ3v) is 3.31. The van der Waals surface area contributed by atoms with Crippen LogP contribution in [0, 0.1) is 0 Å². The highest BCUT2D eigenvalue weighted by Crippen LogP contribution is 2.20. The van der Waals surface area contributed by atoms with Gasteiger partial charge >= 0.3 is 0 Å². The van der Waals surface area contributed by atoms with Gasteiger partial charge in [-0.15, -0.1) is 0 Å². The number of ketones is 1. The minimum atomic E-state index is 0. The van der Waals surface area contributed by atoms with Crippen LogP contribution < -0.4 is 0 Å². The van der Waals surface area contributed by atoms with E-state index in [1.54, 1.807) is 6.92 Å². The van der Waals surface area contributed by atoms with Gasteiger partial charge in [0.05, 0.1) is 18.8 Å². The molecule has 0 saturated carbocycles. The number of likely N-dealkylation sites (tertiary alicyclic amines) is 1. The zero-order valence-electron chi connectivity index (χ0n) is 10.4. The SMILES string of the molecule is C.C.CC(=O)[C@@H]1C[C@@H](OCc2ccccc2)CN1C. The number of hydrogen-bond acceptors (Lipinski definition) is 3. The number of nitrogens with zero attached hydrogens (tertiary/aromatic N) is 1. The summed E-state index contributed by atoms with van der Waals surface area (Å²) in [6.45, 7) is 3.13. The molecule has 108 valence electrons. The molecule has 1 aromatic carbocycles. The molecule has 0 unspecified atom stereocenters. The molecule has 0 radical (unpaired) electrons.